The summed E-state index contributed by atoms with van der Waals surface area (Å²) in [6.45, 7) is 3.81. The fraction of sp³-hybridized carbons (Fsp3) is 0.462. The van der Waals surface area contributed by atoms with Crippen LogP contribution in [0.4, 0.5) is 11.4 Å². The van der Waals surface area contributed by atoms with Gasteiger partial charge in [-0.1, -0.05) is 0 Å². The number of anilines is 2. The molecule has 0 aliphatic heterocycles. The lowest BCUT2D eigenvalue weighted by molar-refractivity contribution is -0.119. The molecule has 118 valence electrons. The Morgan fingerprint density at radius 1 is 1.33 bits per heavy atom. The lowest BCUT2D eigenvalue weighted by Crippen LogP contribution is -2.34. The summed E-state index contributed by atoms with van der Waals surface area (Å²) in [7, 11) is -0.612. The topological polar surface area (TPSA) is 105 Å². The Kier molecular flexibility index (Phi) is 5.56. The van der Waals surface area contributed by atoms with Gasteiger partial charge in [-0.25, -0.2) is 12.7 Å². The Hall–Kier alpha value is -1.80. The first-order chi connectivity index (χ1) is 9.64. The largest absolute Gasteiger partial charge is 0.397 e. The number of hydrogen-bond donors (Lipinski definition) is 3. The van der Waals surface area contributed by atoms with Crippen molar-refractivity contribution in [2.45, 2.75) is 24.8 Å². The van der Waals surface area contributed by atoms with Gasteiger partial charge in [0.05, 0.1) is 22.8 Å². The van der Waals surface area contributed by atoms with Gasteiger partial charge < -0.3 is 16.4 Å². The third-order valence-electron chi connectivity index (χ3n) is 2.69. The molecule has 1 amide bonds. The number of nitrogens with two attached hydrogens (primary N) is 1. The monoisotopic (exact) mass is 314 g/mol. The highest BCUT2D eigenvalue weighted by Crippen LogP contribution is 2.23. The summed E-state index contributed by atoms with van der Waals surface area (Å²) in [6, 6.07) is 4.44. The molecule has 21 heavy (non-hydrogen) atoms. The molecular formula is C13H22N4O3S. The van der Waals surface area contributed by atoms with Crippen LogP contribution in [0.15, 0.2) is 23.1 Å². The number of carbonyl (C=O) groups is 1. The van der Waals surface area contributed by atoms with E-state index in [9.17, 15) is 13.2 Å². The van der Waals surface area contributed by atoms with E-state index in [1.807, 2.05) is 13.8 Å². The van der Waals surface area contributed by atoms with Gasteiger partial charge in [-0.3, -0.25) is 4.79 Å². The molecule has 0 atom stereocenters. The van der Waals surface area contributed by atoms with Crippen molar-refractivity contribution in [2.75, 3.05) is 31.7 Å². The van der Waals surface area contributed by atoms with Crippen LogP contribution in [0.2, 0.25) is 0 Å². The Balaban J connectivity index is 2.83. The van der Waals surface area contributed by atoms with Gasteiger partial charge in [0, 0.05) is 20.1 Å². The van der Waals surface area contributed by atoms with Crippen molar-refractivity contribution in [3.63, 3.8) is 0 Å². The zero-order valence-corrected chi connectivity index (χ0v) is 13.5. The summed E-state index contributed by atoms with van der Waals surface area (Å²) in [5.41, 5.74) is 6.62. The van der Waals surface area contributed by atoms with Crippen molar-refractivity contribution in [3.05, 3.63) is 18.2 Å². The van der Waals surface area contributed by atoms with Crippen molar-refractivity contribution >= 4 is 27.3 Å². The molecule has 0 heterocycles. The molecule has 0 aliphatic rings. The molecule has 0 aliphatic carbocycles. The van der Waals surface area contributed by atoms with E-state index in [2.05, 4.69) is 10.6 Å². The first-order valence-corrected chi connectivity index (χ1v) is 7.94. The second-order valence-corrected chi connectivity index (χ2v) is 7.26. The first-order valence-electron chi connectivity index (χ1n) is 6.50. The van der Waals surface area contributed by atoms with Crippen LogP contribution < -0.4 is 16.4 Å². The van der Waals surface area contributed by atoms with Crippen LogP contribution in [0.1, 0.15) is 13.8 Å². The minimum absolute atomic E-state index is 0.0595. The third kappa shape index (κ3) is 4.61. The van der Waals surface area contributed by atoms with E-state index < -0.39 is 10.0 Å². The van der Waals surface area contributed by atoms with Crippen LogP contribution in [0.25, 0.3) is 0 Å². The molecule has 0 fully saturated rings. The number of nitrogens with one attached hydrogen (secondary N) is 2. The maximum atomic E-state index is 12.0. The average Bonchev–Trinajstić information content (AvgIpc) is 2.36. The van der Waals surface area contributed by atoms with Crippen LogP contribution in [-0.2, 0) is 14.8 Å². The van der Waals surface area contributed by atoms with Gasteiger partial charge in [-0.2, -0.15) is 0 Å². The summed E-state index contributed by atoms with van der Waals surface area (Å²) in [4.78, 5) is 11.6. The van der Waals surface area contributed by atoms with E-state index in [1.54, 1.807) is 6.07 Å². The van der Waals surface area contributed by atoms with E-state index in [0.717, 1.165) is 4.31 Å². The molecule has 1 aromatic carbocycles. The van der Waals surface area contributed by atoms with Gasteiger partial charge >= 0.3 is 0 Å². The zero-order valence-electron chi connectivity index (χ0n) is 12.7. The SMILES string of the molecule is CC(C)NC(=O)CNc1ccc(S(=O)(=O)N(C)C)cc1N. The lowest BCUT2D eigenvalue weighted by Gasteiger charge is -2.14. The van der Waals surface area contributed by atoms with Crippen molar-refractivity contribution in [1.82, 2.24) is 9.62 Å². The standard InChI is InChI=1S/C13H22N4O3S/c1-9(2)16-13(18)8-15-12-6-5-10(7-11(12)14)21(19,20)17(3)4/h5-7,9,15H,8,14H2,1-4H3,(H,16,18). The third-order valence-corrected chi connectivity index (χ3v) is 4.50. The average molecular weight is 314 g/mol. The van der Waals surface area contributed by atoms with Gasteiger partial charge in [0.2, 0.25) is 15.9 Å². The van der Waals surface area contributed by atoms with E-state index >= 15 is 0 Å². The highest BCUT2D eigenvalue weighted by Gasteiger charge is 2.18. The Bertz CT molecular complexity index is 612. The fourth-order valence-electron chi connectivity index (χ4n) is 1.62. The van der Waals surface area contributed by atoms with Gasteiger partial charge in [0.25, 0.3) is 0 Å². The molecule has 7 nitrogen and oxygen atoms in total. The van der Waals surface area contributed by atoms with Crippen molar-refractivity contribution in [1.29, 1.82) is 0 Å². The molecular weight excluding hydrogens is 292 g/mol. The number of amides is 1. The highest BCUT2D eigenvalue weighted by molar-refractivity contribution is 7.89. The number of hydrogen-bond acceptors (Lipinski definition) is 5. The molecule has 4 N–H and O–H groups in total. The number of sulfonamides is 1. The predicted octanol–water partition coefficient (Wildman–Crippen LogP) is 0.456. The van der Waals surface area contributed by atoms with Gasteiger partial charge in [0.15, 0.2) is 0 Å². The van der Waals surface area contributed by atoms with Crippen LogP contribution in [-0.4, -0.2) is 45.3 Å². The zero-order chi connectivity index (χ0) is 16.2. The minimum Gasteiger partial charge on any atom is -0.397 e. The maximum Gasteiger partial charge on any atom is 0.242 e. The molecule has 8 heteroatoms. The van der Waals surface area contributed by atoms with E-state index in [-0.39, 0.29) is 29.1 Å². The van der Waals surface area contributed by atoms with E-state index in [1.165, 1.54) is 26.2 Å². The van der Waals surface area contributed by atoms with Crippen LogP contribution in [0.3, 0.4) is 0 Å². The van der Waals surface area contributed by atoms with Crippen LogP contribution in [0.5, 0.6) is 0 Å². The van der Waals surface area contributed by atoms with E-state index in [0.29, 0.717) is 5.69 Å². The number of carbonyl (C=O) groups excluding carboxylic acids is 1. The first kappa shape index (κ1) is 17.3. The van der Waals surface area contributed by atoms with Gasteiger partial charge in [-0.05, 0) is 32.0 Å². The molecule has 1 rings (SSSR count). The quantitative estimate of drug-likeness (QED) is 0.662. The van der Waals surface area contributed by atoms with Gasteiger partial charge in [-0.15, -0.1) is 0 Å². The fourth-order valence-corrected chi connectivity index (χ4v) is 2.56. The molecule has 0 spiro atoms. The van der Waals surface area contributed by atoms with Crippen molar-refractivity contribution in [3.8, 4) is 0 Å². The summed E-state index contributed by atoms with van der Waals surface area (Å²) in [5, 5.41) is 5.62. The van der Waals surface area contributed by atoms with Gasteiger partial charge in [0.1, 0.15) is 0 Å². The molecule has 1 aromatic rings. The van der Waals surface area contributed by atoms with Crippen molar-refractivity contribution in [2.24, 2.45) is 0 Å². The van der Waals surface area contributed by atoms with Crippen molar-refractivity contribution < 1.29 is 13.2 Å². The molecule has 0 saturated heterocycles. The smallest absolute Gasteiger partial charge is 0.242 e. The normalized spacial score (nSPS) is 11.7. The molecule has 0 aromatic heterocycles. The second-order valence-electron chi connectivity index (χ2n) is 5.11. The molecule has 0 bridgehead atoms. The summed E-state index contributed by atoms with van der Waals surface area (Å²) in [6.07, 6.45) is 0. The Labute approximate surface area is 125 Å². The summed E-state index contributed by atoms with van der Waals surface area (Å²) < 4.78 is 25.1. The Morgan fingerprint density at radius 2 is 1.95 bits per heavy atom. The predicted molar refractivity (Wildman–Crippen MR) is 83.5 cm³/mol. The van der Waals surface area contributed by atoms with Crippen LogP contribution in [0, 0.1) is 0 Å². The maximum absolute atomic E-state index is 12.0. The molecule has 0 radical (unpaired) electrons. The van der Waals surface area contributed by atoms with Crippen LogP contribution >= 0.6 is 0 Å². The number of benzene rings is 1. The lowest BCUT2D eigenvalue weighted by atomic mass is 10.2. The molecule has 0 saturated carbocycles. The summed E-state index contributed by atoms with van der Waals surface area (Å²) >= 11 is 0. The van der Waals surface area contributed by atoms with E-state index in [4.69, 9.17) is 5.73 Å². The number of nitrogen functional groups attached to an aromatic ring is 1. The highest BCUT2D eigenvalue weighted by atomic mass is 32.2. The molecule has 0 unspecified atom stereocenters. The minimum atomic E-state index is -3.52. The Morgan fingerprint density at radius 3 is 2.43 bits per heavy atom. The summed E-state index contributed by atoms with van der Waals surface area (Å²) in [5.74, 6) is -0.158. The number of nitrogens with zero attached hydrogens (tertiary/aromatic N) is 1. The second kappa shape index (κ2) is 6.77. The number of rotatable bonds is 6.